The van der Waals surface area contributed by atoms with Crippen molar-refractivity contribution in [2.75, 3.05) is 11.1 Å². The number of aromatic nitrogens is 1. The van der Waals surface area contributed by atoms with Gasteiger partial charge in [-0.25, -0.2) is 12.8 Å². The van der Waals surface area contributed by atoms with Crippen LogP contribution >= 0.6 is 0 Å². The first-order chi connectivity index (χ1) is 13.7. The van der Waals surface area contributed by atoms with Gasteiger partial charge in [-0.3, -0.25) is 4.79 Å². The number of sulfone groups is 1. The molecule has 1 aromatic heterocycles. The lowest BCUT2D eigenvalue weighted by atomic mass is 10.1. The molecule has 0 radical (unpaired) electrons. The van der Waals surface area contributed by atoms with Crippen LogP contribution in [0.2, 0.25) is 0 Å². The van der Waals surface area contributed by atoms with Gasteiger partial charge < -0.3 is 9.84 Å². The van der Waals surface area contributed by atoms with Crippen molar-refractivity contribution in [1.29, 1.82) is 0 Å². The monoisotopic (exact) mass is 416 g/mol. The minimum Gasteiger partial charge on any atom is -0.356 e. The van der Waals surface area contributed by atoms with Gasteiger partial charge in [0.05, 0.1) is 22.0 Å². The molecule has 29 heavy (non-hydrogen) atoms. The van der Waals surface area contributed by atoms with E-state index in [9.17, 15) is 17.6 Å². The van der Waals surface area contributed by atoms with Crippen molar-refractivity contribution in [2.45, 2.75) is 32.1 Å². The topological polar surface area (TPSA) is 89.3 Å². The van der Waals surface area contributed by atoms with Crippen molar-refractivity contribution in [3.05, 3.63) is 65.1 Å². The van der Waals surface area contributed by atoms with E-state index in [0.717, 1.165) is 11.3 Å². The van der Waals surface area contributed by atoms with E-state index in [1.54, 1.807) is 25.1 Å². The molecule has 0 fully saturated rings. The van der Waals surface area contributed by atoms with Crippen LogP contribution < -0.4 is 5.32 Å². The fourth-order valence-electron chi connectivity index (χ4n) is 2.87. The van der Waals surface area contributed by atoms with Crippen molar-refractivity contribution in [2.24, 2.45) is 0 Å². The van der Waals surface area contributed by atoms with Gasteiger partial charge in [0.15, 0.2) is 15.6 Å². The van der Waals surface area contributed by atoms with E-state index in [2.05, 4.69) is 10.5 Å². The Morgan fingerprint density at radius 2 is 1.86 bits per heavy atom. The van der Waals surface area contributed by atoms with E-state index >= 15 is 0 Å². The Morgan fingerprint density at radius 3 is 2.52 bits per heavy atom. The summed E-state index contributed by atoms with van der Waals surface area (Å²) in [4.78, 5) is 12.2. The van der Waals surface area contributed by atoms with Gasteiger partial charge >= 0.3 is 0 Å². The van der Waals surface area contributed by atoms with Crippen LogP contribution in [0.3, 0.4) is 0 Å². The number of para-hydroxylation sites is 1. The molecule has 3 aromatic rings. The van der Waals surface area contributed by atoms with E-state index in [1.165, 1.54) is 24.3 Å². The zero-order valence-electron chi connectivity index (χ0n) is 16.3. The summed E-state index contributed by atoms with van der Waals surface area (Å²) in [5, 5.41) is 6.30. The number of hydrogen-bond acceptors (Lipinski definition) is 5. The average Bonchev–Trinajstić information content (AvgIpc) is 3.01. The summed E-state index contributed by atoms with van der Waals surface area (Å²) >= 11 is 0. The van der Waals surface area contributed by atoms with Gasteiger partial charge in [-0.2, -0.15) is 0 Å². The number of rotatable bonds is 6. The molecule has 0 saturated carbocycles. The van der Waals surface area contributed by atoms with Crippen molar-refractivity contribution >= 4 is 21.4 Å². The first kappa shape index (κ1) is 20.7. The number of amides is 1. The maximum absolute atomic E-state index is 13.6. The summed E-state index contributed by atoms with van der Waals surface area (Å²) in [5.41, 5.74) is 2.75. The molecule has 1 N–H and O–H groups in total. The summed E-state index contributed by atoms with van der Waals surface area (Å²) in [5.74, 6) is -1.04. The minimum atomic E-state index is -3.74. The lowest BCUT2D eigenvalue weighted by molar-refractivity contribution is -0.115. The molecule has 1 heterocycles. The van der Waals surface area contributed by atoms with Gasteiger partial charge in [-0.05, 0) is 44.5 Å². The maximum atomic E-state index is 13.6. The third-order valence-corrected chi connectivity index (χ3v) is 6.54. The molecule has 6 nitrogen and oxygen atoms in total. The number of nitrogens with one attached hydrogen (secondary N) is 1. The van der Waals surface area contributed by atoms with Crippen molar-refractivity contribution in [3.63, 3.8) is 0 Å². The number of carbonyl (C=O) groups excluding carboxylic acids is 1. The lowest BCUT2D eigenvalue weighted by Gasteiger charge is -2.10. The third kappa shape index (κ3) is 4.54. The van der Waals surface area contributed by atoms with E-state index < -0.39 is 27.3 Å². The molecule has 8 heteroatoms. The molecule has 0 spiro atoms. The van der Waals surface area contributed by atoms with Crippen LogP contribution in [-0.2, 0) is 14.6 Å². The van der Waals surface area contributed by atoms with Crippen LogP contribution in [0.25, 0.3) is 11.3 Å². The normalized spacial score (nSPS) is 11.4. The highest BCUT2D eigenvalue weighted by Crippen LogP contribution is 2.29. The highest BCUT2D eigenvalue weighted by molar-refractivity contribution is 7.91. The molecule has 3 rings (SSSR count). The molecule has 0 aliphatic carbocycles. The van der Waals surface area contributed by atoms with E-state index in [-0.39, 0.29) is 17.0 Å². The van der Waals surface area contributed by atoms with Gasteiger partial charge in [-0.1, -0.05) is 29.4 Å². The van der Waals surface area contributed by atoms with E-state index in [4.69, 9.17) is 4.52 Å². The van der Waals surface area contributed by atoms with Crippen molar-refractivity contribution < 1.29 is 22.1 Å². The zero-order valence-corrected chi connectivity index (χ0v) is 17.1. The van der Waals surface area contributed by atoms with Crippen LogP contribution in [0.1, 0.15) is 23.2 Å². The van der Waals surface area contributed by atoms with E-state index in [1.807, 2.05) is 13.8 Å². The van der Waals surface area contributed by atoms with Gasteiger partial charge in [0.2, 0.25) is 5.91 Å². The second-order valence-electron chi connectivity index (χ2n) is 6.80. The van der Waals surface area contributed by atoms with Crippen LogP contribution in [-0.4, -0.2) is 25.2 Å². The maximum Gasteiger partial charge on any atom is 0.225 e. The average molecular weight is 416 g/mol. The molecule has 0 unspecified atom stereocenters. The predicted octanol–water partition coefficient (Wildman–Crippen LogP) is 4.21. The molecule has 0 atom stereocenters. The summed E-state index contributed by atoms with van der Waals surface area (Å²) in [6, 6.07) is 10.7. The fraction of sp³-hybridized carbons (Fsp3) is 0.238. The Kier molecular flexibility index (Phi) is 5.83. The molecule has 0 saturated heterocycles. The Balaban J connectivity index is 1.78. The molecule has 0 bridgehead atoms. The zero-order chi connectivity index (χ0) is 21.2. The van der Waals surface area contributed by atoms with Crippen LogP contribution in [0.15, 0.2) is 51.9 Å². The third-order valence-electron chi connectivity index (χ3n) is 4.69. The number of aryl methyl sites for hydroxylation is 2. The Bertz CT molecular complexity index is 1170. The summed E-state index contributed by atoms with van der Waals surface area (Å²) in [6.45, 7) is 5.35. The second kappa shape index (κ2) is 8.16. The van der Waals surface area contributed by atoms with Crippen LogP contribution in [0.4, 0.5) is 10.1 Å². The molecule has 1 amide bonds. The molecule has 0 aliphatic heterocycles. The summed E-state index contributed by atoms with van der Waals surface area (Å²) in [6.07, 6.45) is -0.291. The van der Waals surface area contributed by atoms with Gasteiger partial charge in [0.25, 0.3) is 0 Å². The Morgan fingerprint density at radius 1 is 1.14 bits per heavy atom. The van der Waals surface area contributed by atoms with Crippen LogP contribution in [0.5, 0.6) is 0 Å². The standard InChI is InChI=1S/C21H21FN2O4S/c1-13-8-9-16(21-14(2)15(3)24-28-21)12-19(13)29(26,27)11-10-20(25)23-18-7-5-4-6-17(18)22/h4-9,12H,10-11H2,1-3H3,(H,23,25). The predicted molar refractivity (Wildman–Crippen MR) is 108 cm³/mol. The van der Waals surface area contributed by atoms with Gasteiger partial charge in [-0.15, -0.1) is 0 Å². The fourth-order valence-corrected chi connectivity index (χ4v) is 4.41. The smallest absolute Gasteiger partial charge is 0.225 e. The molecule has 152 valence electrons. The number of benzene rings is 2. The van der Waals surface area contributed by atoms with Gasteiger partial charge in [0.1, 0.15) is 5.82 Å². The Labute approximate surface area is 168 Å². The molecular formula is C21H21FN2O4S. The van der Waals surface area contributed by atoms with Crippen molar-refractivity contribution in [3.8, 4) is 11.3 Å². The number of halogens is 1. The largest absolute Gasteiger partial charge is 0.356 e. The number of carbonyl (C=O) groups is 1. The summed E-state index contributed by atoms with van der Waals surface area (Å²) in [7, 11) is -3.74. The first-order valence-electron chi connectivity index (χ1n) is 9.00. The highest BCUT2D eigenvalue weighted by Gasteiger charge is 2.21. The number of anilines is 1. The highest BCUT2D eigenvalue weighted by atomic mass is 32.2. The Hall–Kier alpha value is -3.00. The van der Waals surface area contributed by atoms with E-state index in [0.29, 0.717) is 16.9 Å². The SMILES string of the molecule is Cc1ccc(-c2onc(C)c2C)cc1S(=O)(=O)CCC(=O)Nc1ccccc1F. The summed E-state index contributed by atoms with van der Waals surface area (Å²) < 4.78 is 44.7. The lowest BCUT2D eigenvalue weighted by Crippen LogP contribution is -2.18. The quantitative estimate of drug-likeness (QED) is 0.650. The number of hydrogen-bond donors (Lipinski definition) is 1. The molecule has 0 aliphatic rings. The second-order valence-corrected chi connectivity index (χ2v) is 8.88. The molecular weight excluding hydrogens is 395 g/mol. The first-order valence-corrected chi connectivity index (χ1v) is 10.7. The number of nitrogens with zero attached hydrogens (tertiary/aromatic N) is 1. The molecule has 2 aromatic carbocycles. The van der Waals surface area contributed by atoms with Crippen molar-refractivity contribution in [1.82, 2.24) is 5.16 Å². The van der Waals surface area contributed by atoms with Crippen LogP contribution in [0, 0.1) is 26.6 Å². The minimum absolute atomic E-state index is 0.0178. The van der Waals surface area contributed by atoms with Gasteiger partial charge in [0, 0.05) is 17.5 Å².